The minimum atomic E-state index is -3.38. The molecule has 0 spiro atoms. The van der Waals surface area contributed by atoms with Gasteiger partial charge in [0.2, 0.25) is 10.0 Å². The van der Waals surface area contributed by atoms with Crippen molar-refractivity contribution in [2.45, 2.75) is 29.2 Å². The van der Waals surface area contributed by atoms with Crippen LogP contribution in [0.3, 0.4) is 0 Å². The average molecular weight is 286 g/mol. The van der Waals surface area contributed by atoms with Gasteiger partial charge in [-0.1, -0.05) is 13.8 Å². The predicted molar refractivity (Wildman–Crippen MR) is 76.1 cm³/mol. The maximum absolute atomic E-state index is 12.5. The predicted octanol–water partition coefficient (Wildman–Crippen LogP) is 1.78. The molecule has 0 aliphatic carbocycles. The molecule has 1 fully saturated rings. The third-order valence-corrected chi connectivity index (χ3v) is 5.98. The number of thioether (sulfide) groups is 1. The topological polar surface area (TPSA) is 63.4 Å². The lowest BCUT2D eigenvalue weighted by Gasteiger charge is -2.33. The fourth-order valence-corrected chi connectivity index (χ4v) is 5.25. The number of benzene rings is 1. The molecule has 0 radical (unpaired) electrons. The molecule has 1 saturated heterocycles. The Morgan fingerprint density at radius 2 is 1.67 bits per heavy atom. The van der Waals surface area contributed by atoms with Crippen molar-refractivity contribution in [3.05, 3.63) is 24.3 Å². The van der Waals surface area contributed by atoms with E-state index in [0.717, 1.165) is 0 Å². The Kier molecular flexibility index (Phi) is 3.89. The van der Waals surface area contributed by atoms with E-state index in [4.69, 9.17) is 5.73 Å². The zero-order valence-corrected chi connectivity index (χ0v) is 12.2. The van der Waals surface area contributed by atoms with E-state index < -0.39 is 10.0 Å². The van der Waals surface area contributed by atoms with Crippen molar-refractivity contribution < 1.29 is 8.42 Å². The molecule has 1 aliphatic heterocycles. The fourth-order valence-electron chi connectivity index (χ4n) is 2.12. The van der Waals surface area contributed by atoms with Gasteiger partial charge in [-0.25, -0.2) is 8.42 Å². The van der Waals surface area contributed by atoms with Crippen LogP contribution in [-0.4, -0.2) is 36.3 Å². The quantitative estimate of drug-likeness (QED) is 0.842. The fraction of sp³-hybridized carbons (Fsp3) is 0.500. The molecule has 2 atom stereocenters. The van der Waals surface area contributed by atoms with Crippen LogP contribution in [0, 0.1) is 0 Å². The highest BCUT2D eigenvalue weighted by atomic mass is 32.2. The molecule has 2 rings (SSSR count). The van der Waals surface area contributed by atoms with Crippen molar-refractivity contribution >= 4 is 27.5 Å². The third kappa shape index (κ3) is 2.81. The number of nitrogens with zero attached hydrogens (tertiary/aromatic N) is 1. The summed E-state index contributed by atoms with van der Waals surface area (Å²) in [5.74, 6) is 0. The zero-order chi connectivity index (χ0) is 13.3. The smallest absolute Gasteiger partial charge is 0.243 e. The number of nitrogen functional groups attached to an aromatic ring is 1. The first-order chi connectivity index (χ1) is 8.39. The van der Waals surface area contributed by atoms with Crippen molar-refractivity contribution in [1.82, 2.24) is 4.31 Å². The minimum Gasteiger partial charge on any atom is -0.399 e. The molecule has 1 heterocycles. The van der Waals surface area contributed by atoms with Gasteiger partial charge in [-0.05, 0) is 24.3 Å². The Balaban J connectivity index is 2.28. The van der Waals surface area contributed by atoms with Gasteiger partial charge in [-0.15, -0.1) is 0 Å². The van der Waals surface area contributed by atoms with Crippen molar-refractivity contribution in [3.63, 3.8) is 0 Å². The molecule has 0 amide bonds. The second kappa shape index (κ2) is 5.11. The summed E-state index contributed by atoms with van der Waals surface area (Å²) < 4.78 is 26.5. The van der Waals surface area contributed by atoms with Crippen LogP contribution >= 0.6 is 11.8 Å². The monoisotopic (exact) mass is 286 g/mol. The second-order valence-electron chi connectivity index (χ2n) is 4.65. The average Bonchev–Trinajstić information content (AvgIpc) is 2.28. The summed E-state index contributed by atoms with van der Waals surface area (Å²) in [6.45, 7) is 5.26. The molecular weight excluding hydrogens is 268 g/mol. The van der Waals surface area contributed by atoms with Crippen molar-refractivity contribution in [2.24, 2.45) is 0 Å². The SMILES string of the molecule is CC1CN(S(=O)(=O)c2ccc(N)cc2)CC(C)S1. The number of hydrogen-bond acceptors (Lipinski definition) is 4. The van der Waals surface area contributed by atoms with Gasteiger partial charge in [0.1, 0.15) is 0 Å². The molecule has 0 saturated carbocycles. The Morgan fingerprint density at radius 1 is 1.17 bits per heavy atom. The number of hydrogen-bond donors (Lipinski definition) is 1. The van der Waals surface area contributed by atoms with Crippen LogP contribution in [0.1, 0.15) is 13.8 Å². The molecule has 4 nitrogen and oxygen atoms in total. The molecule has 0 bridgehead atoms. The summed E-state index contributed by atoms with van der Waals surface area (Å²) >= 11 is 1.83. The second-order valence-corrected chi connectivity index (χ2v) is 8.47. The Bertz CT molecular complexity index is 503. The van der Waals surface area contributed by atoms with Crippen molar-refractivity contribution in [2.75, 3.05) is 18.8 Å². The summed E-state index contributed by atoms with van der Waals surface area (Å²) in [7, 11) is -3.38. The van der Waals surface area contributed by atoms with Gasteiger partial charge in [0, 0.05) is 29.3 Å². The molecule has 6 heteroatoms. The van der Waals surface area contributed by atoms with Crippen LogP contribution < -0.4 is 5.73 Å². The molecule has 1 aromatic carbocycles. The standard InChI is InChI=1S/C12H18N2O2S2/c1-9-7-14(8-10(2)17-9)18(15,16)12-5-3-11(13)4-6-12/h3-6,9-10H,7-8,13H2,1-2H3. The van der Waals surface area contributed by atoms with E-state index in [1.807, 2.05) is 11.8 Å². The van der Waals surface area contributed by atoms with Crippen molar-refractivity contribution in [1.29, 1.82) is 0 Å². The van der Waals surface area contributed by atoms with E-state index in [9.17, 15) is 8.42 Å². The maximum atomic E-state index is 12.5. The van der Waals surface area contributed by atoms with Gasteiger partial charge < -0.3 is 5.73 Å². The number of nitrogens with two attached hydrogens (primary N) is 1. The van der Waals surface area contributed by atoms with E-state index in [2.05, 4.69) is 13.8 Å². The van der Waals surface area contributed by atoms with Crippen LogP contribution in [0.4, 0.5) is 5.69 Å². The number of anilines is 1. The van der Waals surface area contributed by atoms with E-state index >= 15 is 0 Å². The highest BCUT2D eigenvalue weighted by Crippen LogP contribution is 2.28. The lowest BCUT2D eigenvalue weighted by atomic mass is 10.3. The van der Waals surface area contributed by atoms with Crippen LogP contribution in [0.25, 0.3) is 0 Å². The van der Waals surface area contributed by atoms with Gasteiger partial charge in [0.05, 0.1) is 4.90 Å². The summed E-state index contributed by atoms with van der Waals surface area (Å²) in [6, 6.07) is 6.39. The zero-order valence-electron chi connectivity index (χ0n) is 10.5. The molecule has 0 aromatic heterocycles. The van der Waals surface area contributed by atoms with E-state index in [-0.39, 0.29) is 0 Å². The van der Waals surface area contributed by atoms with E-state index in [0.29, 0.717) is 34.2 Å². The Labute approximate surface area is 113 Å². The lowest BCUT2D eigenvalue weighted by molar-refractivity contribution is 0.405. The molecule has 2 unspecified atom stereocenters. The van der Waals surface area contributed by atoms with Gasteiger partial charge in [0.15, 0.2) is 0 Å². The molecule has 2 N–H and O–H groups in total. The third-order valence-electron chi connectivity index (χ3n) is 2.90. The van der Waals surface area contributed by atoms with Crippen LogP contribution in [0.2, 0.25) is 0 Å². The first-order valence-corrected chi connectivity index (χ1v) is 8.29. The highest BCUT2D eigenvalue weighted by molar-refractivity contribution is 8.00. The Morgan fingerprint density at radius 3 is 2.17 bits per heavy atom. The van der Waals surface area contributed by atoms with Gasteiger partial charge in [-0.3, -0.25) is 0 Å². The summed E-state index contributed by atoms with van der Waals surface area (Å²) in [6.07, 6.45) is 0. The normalized spacial score (nSPS) is 26.1. The first kappa shape index (κ1) is 13.7. The summed E-state index contributed by atoms with van der Waals surface area (Å²) in [5, 5.41) is 0.662. The van der Waals surface area contributed by atoms with Gasteiger partial charge in [-0.2, -0.15) is 16.1 Å². The number of rotatable bonds is 2. The summed E-state index contributed by atoms with van der Waals surface area (Å²) in [4.78, 5) is 0.322. The highest BCUT2D eigenvalue weighted by Gasteiger charge is 2.31. The van der Waals surface area contributed by atoms with Crippen LogP contribution in [0.15, 0.2) is 29.2 Å². The van der Waals surface area contributed by atoms with Gasteiger partial charge >= 0.3 is 0 Å². The molecule has 1 aliphatic rings. The molecule has 1 aromatic rings. The van der Waals surface area contributed by atoms with E-state index in [1.54, 1.807) is 28.6 Å². The maximum Gasteiger partial charge on any atom is 0.243 e. The van der Waals surface area contributed by atoms with E-state index in [1.165, 1.54) is 0 Å². The van der Waals surface area contributed by atoms with Crippen molar-refractivity contribution in [3.8, 4) is 0 Å². The summed E-state index contributed by atoms with van der Waals surface area (Å²) in [5.41, 5.74) is 6.15. The minimum absolute atomic E-state index is 0.322. The number of sulfonamides is 1. The molecule has 18 heavy (non-hydrogen) atoms. The molecular formula is C12H18N2O2S2. The largest absolute Gasteiger partial charge is 0.399 e. The van der Waals surface area contributed by atoms with Gasteiger partial charge in [0.25, 0.3) is 0 Å². The Hall–Kier alpha value is -0.720. The molecule has 100 valence electrons. The van der Waals surface area contributed by atoms with Crippen LogP contribution in [-0.2, 0) is 10.0 Å². The lowest BCUT2D eigenvalue weighted by Crippen LogP contribution is -2.43. The first-order valence-electron chi connectivity index (χ1n) is 5.91. The van der Waals surface area contributed by atoms with Crippen LogP contribution in [0.5, 0.6) is 0 Å².